The average molecular weight is 307 g/mol. The van der Waals surface area contributed by atoms with Crippen molar-refractivity contribution in [1.29, 1.82) is 0 Å². The molecule has 1 aromatic carbocycles. The number of benzene rings is 1. The molecular weight excluding hydrogens is 288 g/mol. The van der Waals surface area contributed by atoms with Crippen LogP contribution in [0, 0.1) is 11.6 Å². The average Bonchev–Trinajstić information content (AvgIpc) is 3.15. The third-order valence-electron chi connectivity index (χ3n) is 4.18. The van der Waals surface area contributed by atoms with Crippen molar-refractivity contribution >= 4 is 0 Å². The largest absolute Gasteiger partial charge is 0.387 e. The number of rotatable bonds is 5. The normalized spacial score (nSPS) is 20.4. The van der Waals surface area contributed by atoms with Crippen molar-refractivity contribution in [3.05, 3.63) is 53.9 Å². The molecule has 6 heteroatoms. The Bertz CT molecular complexity index is 618. The van der Waals surface area contributed by atoms with Crippen molar-refractivity contribution in [2.24, 2.45) is 0 Å². The highest BCUT2D eigenvalue weighted by Crippen LogP contribution is 2.24. The van der Waals surface area contributed by atoms with Crippen molar-refractivity contribution < 1.29 is 13.9 Å². The van der Waals surface area contributed by atoms with Crippen LogP contribution in [-0.2, 0) is 6.54 Å². The molecule has 118 valence electrons. The van der Waals surface area contributed by atoms with Gasteiger partial charge in [0.2, 0.25) is 0 Å². The van der Waals surface area contributed by atoms with E-state index in [9.17, 15) is 13.9 Å². The Kier molecular flexibility index (Phi) is 4.49. The van der Waals surface area contributed by atoms with E-state index in [0.29, 0.717) is 6.54 Å². The van der Waals surface area contributed by atoms with Crippen LogP contribution in [0.5, 0.6) is 0 Å². The van der Waals surface area contributed by atoms with Crippen LogP contribution in [-0.4, -0.2) is 38.9 Å². The van der Waals surface area contributed by atoms with Crippen LogP contribution in [0.25, 0.3) is 0 Å². The van der Waals surface area contributed by atoms with Crippen molar-refractivity contribution in [3.63, 3.8) is 0 Å². The SMILES string of the molecule is O[C@@H](CN1CCC[C@H]1Cn1cccn1)c1cc(F)ccc1F. The van der Waals surface area contributed by atoms with Gasteiger partial charge in [0.25, 0.3) is 0 Å². The van der Waals surface area contributed by atoms with Crippen LogP contribution in [0.15, 0.2) is 36.7 Å². The number of hydrogen-bond acceptors (Lipinski definition) is 3. The van der Waals surface area contributed by atoms with Gasteiger partial charge in [-0.15, -0.1) is 0 Å². The zero-order valence-electron chi connectivity index (χ0n) is 12.2. The number of aliphatic hydroxyl groups excluding tert-OH is 1. The van der Waals surface area contributed by atoms with E-state index in [1.54, 1.807) is 6.20 Å². The first kappa shape index (κ1) is 15.1. The fraction of sp³-hybridized carbons (Fsp3) is 0.438. The van der Waals surface area contributed by atoms with Gasteiger partial charge in [-0.1, -0.05) is 0 Å². The second-order valence-corrected chi connectivity index (χ2v) is 5.70. The number of hydrogen-bond donors (Lipinski definition) is 1. The molecule has 2 heterocycles. The molecule has 1 saturated heterocycles. The van der Waals surface area contributed by atoms with E-state index in [0.717, 1.165) is 44.1 Å². The van der Waals surface area contributed by atoms with Crippen molar-refractivity contribution in [3.8, 4) is 0 Å². The van der Waals surface area contributed by atoms with E-state index in [1.807, 2.05) is 16.9 Å². The fourth-order valence-corrected chi connectivity index (χ4v) is 3.06. The number of aromatic nitrogens is 2. The molecule has 1 N–H and O–H groups in total. The van der Waals surface area contributed by atoms with Gasteiger partial charge >= 0.3 is 0 Å². The summed E-state index contributed by atoms with van der Waals surface area (Å²) in [7, 11) is 0. The molecule has 2 aromatic rings. The predicted molar refractivity (Wildman–Crippen MR) is 78.1 cm³/mol. The molecule has 1 fully saturated rings. The molecule has 0 amide bonds. The predicted octanol–water partition coefficient (Wildman–Crippen LogP) is 2.36. The molecule has 3 rings (SSSR count). The lowest BCUT2D eigenvalue weighted by Gasteiger charge is -2.27. The van der Waals surface area contributed by atoms with E-state index < -0.39 is 17.7 Å². The standard InChI is InChI=1S/C16H19F2N3O/c17-12-4-5-15(18)14(9-12)16(22)11-20-7-1-3-13(20)10-21-8-2-6-19-21/h2,4-6,8-9,13,16,22H,1,3,7,10-11H2/t13-,16-/m0/s1. The number of likely N-dealkylation sites (tertiary alicyclic amines) is 1. The Labute approximate surface area is 128 Å². The second-order valence-electron chi connectivity index (χ2n) is 5.70. The zero-order chi connectivity index (χ0) is 15.5. The molecule has 0 spiro atoms. The summed E-state index contributed by atoms with van der Waals surface area (Å²) in [5.41, 5.74) is 0.0183. The molecule has 0 radical (unpaired) electrons. The summed E-state index contributed by atoms with van der Waals surface area (Å²) in [6.07, 6.45) is 4.65. The Balaban J connectivity index is 1.67. The van der Waals surface area contributed by atoms with Gasteiger partial charge in [-0.05, 0) is 43.7 Å². The van der Waals surface area contributed by atoms with E-state index in [2.05, 4.69) is 10.00 Å². The monoisotopic (exact) mass is 307 g/mol. The van der Waals surface area contributed by atoms with Crippen molar-refractivity contribution in [2.75, 3.05) is 13.1 Å². The summed E-state index contributed by atoms with van der Waals surface area (Å²) < 4.78 is 28.8. The highest BCUT2D eigenvalue weighted by Gasteiger charge is 2.28. The Morgan fingerprint density at radius 2 is 2.23 bits per heavy atom. The topological polar surface area (TPSA) is 41.3 Å². The molecule has 2 atom stereocenters. The summed E-state index contributed by atoms with van der Waals surface area (Å²) in [4.78, 5) is 2.12. The fourth-order valence-electron chi connectivity index (χ4n) is 3.06. The van der Waals surface area contributed by atoms with Gasteiger partial charge in [-0.3, -0.25) is 9.58 Å². The Morgan fingerprint density at radius 3 is 3.00 bits per heavy atom. The first-order valence-corrected chi connectivity index (χ1v) is 7.48. The highest BCUT2D eigenvalue weighted by atomic mass is 19.1. The van der Waals surface area contributed by atoms with Gasteiger partial charge in [0.1, 0.15) is 11.6 Å². The van der Waals surface area contributed by atoms with Gasteiger partial charge in [-0.2, -0.15) is 5.10 Å². The number of halogens is 2. The van der Waals surface area contributed by atoms with Crippen LogP contribution in [0.4, 0.5) is 8.78 Å². The molecule has 0 unspecified atom stereocenters. The van der Waals surface area contributed by atoms with E-state index in [1.165, 1.54) is 0 Å². The van der Waals surface area contributed by atoms with E-state index in [-0.39, 0.29) is 11.6 Å². The van der Waals surface area contributed by atoms with Gasteiger partial charge in [0.05, 0.1) is 12.6 Å². The molecule has 0 bridgehead atoms. The molecule has 0 saturated carbocycles. The quantitative estimate of drug-likeness (QED) is 0.922. The van der Waals surface area contributed by atoms with Gasteiger partial charge in [0.15, 0.2) is 0 Å². The minimum absolute atomic E-state index is 0.0183. The minimum Gasteiger partial charge on any atom is -0.387 e. The Hall–Kier alpha value is -1.79. The maximum Gasteiger partial charge on any atom is 0.129 e. The molecular formula is C16H19F2N3O. The van der Waals surface area contributed by atoms with E-state index >= 15 is 0 Å². The van der Waals surface area contributed by atoms with Gasteiger partial charge < -0.3 is 5.11 Å². The molecule has 1 aromatic heterocycles. The van der Waals surface area contributed by atoms with Crippen molar-refractivity contribution in [2.45, 2.75) is 31.5 Å². The summed E-state index contributed by atoms with van der Waals surface area (Å²) in [5.74, 6) is -1.11. The Morgan fingerprint density at radius 1 is 1.36 bits per heavy atom. The van der Waals surface area contributed by atoms with Gasteiger partial charge in [0, 0.05) is 30.5 Å². The highest BCUT2D eigenvalue weighted by molar-refractivity contribution is 5.21. The molecule has 1 aliphatic rings. The van der Waals surface area contributed by atoms with Crippen LogP contribution >= 0.6 is 0 Å². The lowest BCUT2D eigenvalue weighted by molar-refractivity contribution is 0.0975. The number of nitrogens with zero attached hydrogens (tertiary/aromatic N) is 3. The third-order valence-corrected chi connectivity index (χ3v) is 4.18. The molecule has 1 aliphatic heterocycles. The molecule has 0 aliphatic carbocycles. The van der Waals surface area contributed by atoms with Crippen LogP contribution in [0.1, 0.15) is 24.5 Å². The lowest BCUT2D eigenvalue weighted by Crippen LogP contribution is -2.36. The summed E-state index contributed by atoms with van der Waals surface area (Å²) in [5, 5.41) is 14.5. The molecule has 4 nitrogen and oxygen atoms in total. The maximum atomic E-state index is 13.7. The first-order chi connectivity index (χ1) is 10.6. The molecule has 22 heavy (non-hydrogen) atoms. The van der Waals surface area contributed by atoms with Crippen molar-refractivity contribution in [1.82, 2.24) is 14.7 Å². The first-order valence-electron chi connectivity index (χ1n) is 7.48. The number of aliphatic hydroxyl groups is 1. The number of β-amino-alcohol motifs (C(OH)–C–C–N with tert-alkyl or cyclic N) is 1. The van der Waals surface area contributed by atoms with E-state index in [4.69, 9.17) is 0 Å². The lowest BCUT2D eigenvalue weighted by atomic mass is 10.1. The van der Waals surface area contributed by atoms with Crippen LogP contribution in [0.2, 0.25) is 0 Å². The summed E-state index contributed by atoms with van der Waals surface area (Å²) >= 11 is 0. The van der Waals surface area contributed by atoms with Gasteiger partial charge in [-0.25, -0.2) is 8.78 Å². The van der Waals surface area contributed by atoms with Crippen LogP contribution in [0.3, 0.4) is 0 Å². The smallest absolute Gasteiger partial charge is 0.129 e. The minimum atomic E-state index is -1.03. The maximum absolute atomic E-state index is 13.7. The zero-order valence-corrected chi connectivity index (χ0v) is 12.2. The second kappa shape index (κ2) is 6.54. The summed E-state index contributed by atoms with van der Waals surface area (Å²) in [6, 6.07) is 5.31. The summed E-state index contributed by atoms with van der Waals surface area (Å²) in [6.45, 7) is 1.89. The third kappa shape index (κ3) is 3.34. The van der Waals surface area contributed by atoms with Crippen LogP contribution < -0.4 is 0 Å².